The maximum absolute atomic E-state index is 10.4. The van der Waals surface area contributed by atoms with Crippen molar-refractivity contribution in [2.45, 2.75) is 13.3 Å². The van der Waals surface area contributed by atoms with Gasteiger partial charge in [0.15, 0.2) is 11.5 Å². The minimum atomic E-state index is -0.798. The Morgan fingerprint density at radius 2 is 2.19 bits per heavy atom. The SMILES string of the molecule is Cc1oc(-c2ccc3c(c2)OCO3)nc1CCOCC=CCSCC(=O)O. The summed E-state index contributed by atoms with van der Waals surface area (Å²) in [4.78, 5) is 14.9. The first-order valence-corrected chi connectivity index (χ1v) is 9.67. The fourth-order valence-electron chi connectivity index (χ4n) is 2.48. The average molecular weight is 391 g/mol. The summed E-state index contributed by atoms with van der Waals surface area (Å²) in [5, 5.41) is 8.54. The van der Waals surface area contributed by atoms with Crippen LogP contribution >= 0.6 is 11.8 Å². The molecule has 8 heteroatoms. The number of ether oxygens (including phenoxy) is 3. The van der Waals surface area contributed by atoms with Crippen LogP contribution in [0, 0.1) is 6.92 Å². The van der Waals surface area contributed by atoms with Crippen LogP contribution < -0.4 is 9.47 Å². The standard InChI is InChI=1S/C19H21NO6S/c1-13-15(6-8-23-7-2-3-9-27-11-18(21)22)20-19(26-13)14-4-5-16-17(10-14)25-12-24-16/h2-5,10H,6-9,11-12H2,1H3,(H,21,22). The number of fused-ring (bicyclic) bond motifs is 1. The van der Waals surface area contributed by atoms with E-state index in [0.717, 1.165) is 22.8 Å². The summed E-state index contributed by atoms with van der Waals surface area (Å²) < 4.78 is 22.0. The largest absolute Gasteiger partial charge is 0.481 e. The van der Waals surface area contributed by atoms with Crippen molar-refractivity contribution in [1.82, 2.24) is 4.98 Å². The number of rotatable bonds is 10. The number of aromatic nitrogens is 1. The zero-order chi connectivity index (χ0) is 19.1. The molecule has 0 fully saturated rings. The van der Waals surface area contributed by atoms with Crippen molar-refractivity contribution < 1.29 is 28.5 Å². The van der Waals surface area contributed by atoms with Gasteiger partial charge in [0.05, 0.1) is 24.7 Å². The lowest BCUT2D eigenvalue weighted by Crippen LogP contribution is -2.00. The molecular weight excluding hydrogens is 370 g/mol. The van der Waals surface area contributed by atoms with Crippen LogP contribution in [0.25, 0.3) is 11.5 Å². The molecule has 3 rings (SSSR count). The summed E-state index contributed by atoms with van der Waals surface area (Å²) in [5.74, 6) is 2.72. The molecule has 0 radical (unpaired) electrons. The monoisotopic (exact) mass is 391 g/mol. The Bertz CT molecular complexity index is 817. The summed E-state index contributed by atoms with van der Waals surface area (Å²) in [6.07, 6.45) is 4.46. The van der Waals surface area contributed by atoms with E-state index in [-0.39, 0.29) is 12.5 Å². The molecule has 0 amide bonds. The van der Waals surface area contributed by atoms with Crippen LogP contribution in [0.5, 0.6) is 11.5 Å². The van der Waals surface area contributed by atoms with Gasteiger partial charge in [-0.05, 0) is 25.1 Å². The van der Waals surface area contributed by atoms with Crippen molar-refractivity contribution in [1.29, 1.82) is 0 Å². The van der Waals surface area contributed by atoms with E-state index in [1.165, 1.54) is 11.8 Å². The average Bonchev–Trinajstić information content (AvgIpc) is 3.26. The first-order chi connectivity index (χ1) is 13.1. The summed E-state index contributed by atoms with van der Waals surface area (Å²) in [5.41, 5.74) is 1.71. The minimum Gasteiger partial charge on any atom is -0.481 e. The molecule has 0 aliphatic carbocycles. The number of oxazole rings is 1. The van der Waals surface area contributed by atoms with Gasteiger partial charge in [0.25, 0.3) is 0 Å². The van der Waals surface area contributed by atoms with Crippen molar-refractivity contribution in [3.8, 4) is 23.0 Å². The number of thioether (sulfide) groups is 1. The van der Waals surface area contributed by atoms with Gasteiger partial charge in [0.2, 0.25) is 12.7 Å². The van der Waals surface area contributed by atoms with Gasteiger partial charge in [0.1, 0.15) is 5.76 Å². The Morgan fingerprint density at radius 3 is 3.04 bits per heavy atom. The van der Waals surface area contributed by atoms with Crippen molar-refractivity contribution in [3.05, 3.63) is 41.8 Å². The maximum atomic E-state index is 10.4. The van der Waals surface area contributed by atoms with E-state index >= 15 is 0 Å². The summed E-state index contributed by atoms with van der Waals surface area (Å²) in [7, 11) is 0. The zero-order valence-electron chi connectivity index (χ0n) is 15.0. The summed E-state index contributed by atoms with van der Waals surface area (Å²) >= 11 is 1.35. The molecule has 144 valence electrons. The van der Waals surface area contributed by atoms with Crippen molar-refractivity contribution in [2.24, 2.45) is 0 Å². The highest BCUT2D eigenvalue weighted by atomic mass is 32.2. The van der Waals surface area contributed by atoms with E-state index in [1.807, 2.05) is 37.3 Å². The van der Waals surface area contributed by atoms with Crippen LogP contribution in [-0.4, -0.2) is 47.6 Å². The molecule has 7 nitrogen and oxygen atoms in total. The smallest absolute Gasteiger partial charge is 0.313 e. The van der Waals surface area contributed by atoms with E-state index in [2.05, 4.69) is 4.98 Å². The topological polar surface area (TPSA) is 91.0 Å². The Balaban J connectivity index is 1.44. The second-order valence-electron chi connectivity index (χ2n) is 5.80. The van der Waals surface area contributed by atoms with Gasteiger partial charge in [0, 0.05) is 17.7 Å². The van der Waals surface area contributed by atoms with E-state index in [9.17, 15) is 4.79 Å². The normalized spacial score (nSPS) is 12.8. The lowest BCUT2D eigenvalue weighted by Gasteiger charge is -1.99. The molecule has 2 aromatic rings. The number of benzene rings is 1. The molecular formula is C19H21NO6S. The van der Waals surface area contributed by atoms with Crippen LogP contribution in [0.4, 0.5) is 0 Å². The number of aliphatic carboxylic acids is 1. The number of carboxylic acid groups (broad SMARTS) is 1. The van der Waals surface area contributed by atoms with Crippen molar-refractivity contribution in [3.63, 3.8) is 0 Å². The lowest BCUT2D eigenvalue weighted by molar-refractivity contribution is -0.133. The van der Waals surface area contributed by atoms with Crippen LogP contribution in [0.15, 0.2) is 34.8 Å². The zero-order valence-corrected chi connectivity index (χ0v) is 15.8. The van der Waals surface area contributed by atoms with Crippen LogP contribution in [0.3, 0.4) is 0 Å². The quantitative estimate of drug-likeness (QED) is 0.487. The molecule has 0 spiro atoms. The summed E-state index contributed by atoms with van der Waals surface area (Å²) in [6.45, 7) is 3.14. The molecule has 2 heterocycles. The number of hydrogen-bond donors (Lipinski definition) is 1. The fourth-order valence-corrected chi connectivity index (χ4v) is 3.05. The van der Waals surface area contributed by atoms with Crippen LogP contribution in [0.2, 0.25) is 0 Å². The lowest BCUT2D eigenvalue weighted by atomic mass is 10.2. The molecule has 0 atom stereocenters. The van der Waals surface area contributed by atoms with Gasteiger partial charge in [-0.1, -0.05) is 12.2 Å². The van der Waals surface area contributed by atoms with Crippen LogP contribution in [0.1, 0.15) is 11.5 Å². The number of carboxylic acids is 1. The first-order valence-electron chi connectivity index (χ1n) is 8.52. The van der Waals surface area contributed by atoms with Crippen molar-refractivity contribution >= 4 is 17.7 Å². The molecule has 1 aliphatic rings. The highest BCUT2D eigenvalue weighted by molar-refractivity contribution is 8.00. The highest BCUT2D eigenvalue weighted by Crippen LogP contribution is 2.36. The van der Waals surface area contributed by atoms with Gasteiger partial charge >= 0.3 is 5.97 Å². The molecule has 1 N–H and O–H groups in total. The molecule has 1 aromatic heterocycles. The predicted molar refractivity (Wildman–Crippen MR) is 101 cm³/mol. The van der Waals surface area contributed by atoms with Crippen molar-refractivity contribution in [2.75, 3.05) is 31.5 Å². The molecule has 0 bridgehead atoms. The third-order valence-electron chi connectivity index (χ3n) is 3.82. The number of carbonyl (C=O) groups is 1. The second-order valence-corrected chi connectivity index (χ2v) is 6.83. The Hall–Kier alpha value is -2.45. The van der Waals surface area contributed by atoms with E-state index in [1.54, 1.807) is 0 Å². The highest BCUT2D eigenvalue weighted by Gasteiger charge is 2.17. The van der Waals surface area contributed by atoms with Gasteiger partial charge in [-0.2, -0.15) is 0 Å². The summed E-state index contributed by atoms with van der Waals surface area (Å²) in [6, 6.07) is 5.61. The maximum Gasteiger partial charge on any atom is 0.313 e. The number of hydrogen-bond acceptors (Lipinski definition) is 7. The molecule has 0 unspecified atom stereocenters. The molecule has 27 heavy (non-hydrogen) atoms. The second kappa shape index (κ2) is 9.48. The third-order valence-corrected chi connectivity index (χ3v) is 4.69. The predicted octanol–water partition coefficient (Wildman–Crippen LogP) is 3.31. The minimum absolute atomic E-state index is 0.113. The third kappa shape index (κ3) is 5.51. The van der Waals surface area contributed by atoms with Gasteiger partial charge in [-0.25, -0.2) is 4.98 Å². The molecule has 0 saturated heterocycles. The Morgan fingerprint density at radius 1 is 1.33 bits per heavy atom. The van der Waals surface area contributed by atoms with Crippen LogP contribution in [-0.2, 0) is 16.0 Å². The Kier molecular flexibility index (Phi) is 6.78. The molecule has 1 aromatic carbocycles. The molecule has 1 aliphatic heterocycles. The number of nitrogens with zero attached hydrogens (tertiary/aromatic N) is 1. The van der Waals surface area contributed by atoms with Gasteiger partial charge in [-0.3, -0.25) is 4.79 Å². The van der Waals surface area contributed by atoms with Gasteiger partial charge in [-0.15, -0.1) is 11.8 Å². The molecule has 0 saturated carbocycles. The first kappa shape index (κ1) is 19.3. The van der Waals surface area contributed by atoms with E-state index in [0.29, 0.717) is 37.0 Å². The van der Waals surface area contributed by atoms with E-state index in [4.69, 9.17) is 23.7 Å². The fraction of sp³-hybridized carbons (Fsp3) is 0.368. The van der Waals surface area contributed by atoms with Gasteiger partial charge < -0.3 is 23.7 Å². The number of aryl methyl sites for hydroxylation is 1. The Labute approximate surface area is 161 Å². The van der Waals surface area contributed by atoms with E-state index < -0.39 is 5.97 Å².